The molecule has 0 spiro atoms. The molecule has 1 saturated heterocycles. The summed E-state index contributed by atoms with van der Waals surface area (Å²) in [6, 6.07) is 4.72. The second kappa shape index (κ2) is 7.17. The van der Waals surface area contributed by atoms with Gasteiger partial charge < -0.3 is 20.1 Å². The molecule has 2 atom stereocenters. The summed E-state index contributed by atoms with van der Waals surface area (Å²) in [4.78, 5) is 25.0. The van der Waals surface area contributed by atoms with E-state index in [1.54, 1.807) is 25.1 Å². The first-order chi connectivity index (χ1) is 10.4. The van der Waals surface area contributed by atoms with Gasteiger partial charge in [0.2, 0.25) is 5.91 Å². The van der Waals surface area contributed by atoms with Crippen molar-refractivity contribution in [3.8, 4) is 5.75 Å². The van der Waals surface area contributed by atoms with Crippen LogP contribution < -0.4 is 10.5 Å². The molecule has 2 unspecified atom stereocenters. The van der Waals surface area contributed by atoms with Gasteiger partial charge in [-0.3, -0.25) is 9.59 Å². The maximum atomic E-state index is 12.4. The molecule has 0 saturated carbocycles. The van der Waals surface area contributed by atoms with Crippen molar-refractivity contribution in [3.63, 3.8) is 0 Å². The molecule has 120 valence electrons. The highest BCUT2D eigenvalue weighted by Crippen LogP contribution is 2.25. The Bertz CT molecular complexity index is 562. The lowest BCUT2D eigenvalue weighted by Crippen LogP contribution is -2.53. The molecule has 2 N–H and O–H groups in total. The van der Waals surface area contributed by atoms with Crippen LogP contribution in [0.25, 0.3) is 0 Å². The number of morpholine rings is 1. The number of rotatable bonds is 4. The highest BCUT2D eigenvalue weighted by molar-refractivity contribution is 6.34. The minimum atomic E-state index is -0.787. The van der Waals surface area contributed by atoms with Crippen LogP contribution >= 0.6 is 23.2 Å². The van der Waals surface area contributed by atoms with E-state index < -0.39 is 18.1 Å². The number of nitrogens with two attached hydrogens (primary N) is 1. The molecule has 1 aromatic rings. The maximum Gasteiger partial charge on any atom is 0.263 e. The topological polar surface area (TPSA) is 81.9 Å². The fraction of sp³-hybridized carbons (Fsp3) is 0.429. The molecule has 1 aromatic carbocycles. The van der Waals surface area contributed by atoms with Crippen molar-refractivity contribution in [3.05, 3.63) is 28.2 Å². The van der Waals surface area contributed by atoms with E-state index in [-0.39, 0.29) is 19.1 Å². The molecule has 2 amide bonds. The van der Waals surface area contributed by atoms with Gasteiger partial charge in [-0.15, -0.1) is 0 Å². The predicted molar refractivity (Wildman–Crippen MR) is 82.1 cm³/mol. The van der Waals surface area contributed by atoms with E-state index in [0.29, 0.717) is 22.3 Å². The van der Waals surface area contributed by atoms with Crippen LogP contribution in [0.1, 0.15) is 6.92 Å². The lowest BCUT2D eigenvalue weighted by molar-refractivity contribution is -0.150. The summed E-state index contributed by atoms with van der Waals surface area (Å²) in [5.41, 5.74) is 5.20. The monoisotopic (exact) mass is 346 g/mol. The molecule has 8 heteroatoms. The van der Waals surface area contributed by atoms with Gasteiger partial charge in [-0.1, -0.05) is 23.2 Å². The third kappa shape index (κ3) is 4.25. The Kier molecular flexibility index (Phi) is 5.50. The quantitative estimate of drug-likeness (QED) is 0.894. The fourth-order valence-electron chi connectivity index (χ4n) is 2.13. The maximum absolute atomic E-state index is 12.4. The van der Waals surface area contributed by atoms with Crippen LogP contribution in [0, 0.1) is 0 Å². The number of hydrogen-bond donors (Lipinski definition) is 1. The van der Waals surface area contributed by atoms with Crippen LogP contribution in [0.2, 0.25) is 10.0 Å². The number of carbonyl (C=O) groups excluding carboxylic acids is 2. The number of hydrogen-bond acceptors (Lipinski definition) is 4. The standard InChI is InChI=1S/C14H16Cl2N2O4/c1-8(22-11-5-9(15)4-10(16)6-11)14(20)18-2-3-21-12(7-18)13(17)19/h4-6,8,12H,2-3,7H2,1H3,(H2,17,19). The van der Waals surface area contributed by atoms with E-state index >= 15 is 0 Å². The zero-order valence-electron chi connectivity index (χ0n) is 11.9. The van der Waals surface area contributed by atoms with Crippen LogP contribution in [0.4, 0.5) is 0 Å². The van der Waals surface area contributed by atoms with Crippen LogP contribution in [0.3, 0.4) is 0 Å². The lowest BCUT2D eigenvalue weighted by Gasteiger charge is -2.33. The van der Waals surface area contributed by atoms with Crippen molar-refractivity contribution in [1.29, 1.82) is 0 Å². The Labute approximate surface area is 138 Å². The second-order valence-corrected chi connectivity index (χ2v) is 5.78. The summed E-state index contributed by atoms with van der Waals surface area (Å²) >= 11 is 11.8. The molecule has 22 heavy (non-hydrogen) atoms. The lowest BCUT2D eigenvalue weighted by atomic mass is 10.2. The number of benzene rings is 1. The van der Waals surface area contributed by atoms with Crippen molar-refractivity contribution in [2.75, 3.05) is 19.7 Å². The van der Waals surface area contributed by atoms with Crippen molar-refractivity contribution in [2.45, 2.75) is 19.1 Å². The van der Waals surface area contributed by atoms with Gasteiger partial charge in [-0.05, 0) is 25.1 Å². The minimum absolute atomic E-state index is 0.123. The summed E-state index contributed by atoms with van der Waals surface area (Å²) in [7, 11) is 0. The summed E-state index contributed by atoms with van der Waals surface area (Å²) in [6.07, 6.45) is -1.54. The first-order valence-corrected chi connectivity index (χ1v) is 7.45. The van der Waals surface area contributed by atoms with Gasteiger partial charge >= 0.3 is 0 Å². The highest BCUT2D eigenvalue weighted by Gasteiger charge is 2.30. The smallest absolute Gasteiger partial charge is 0.263 e. The first kappa shape index (κ1) is 16.9. The van der Waals surface area contributed by atoms with E-state index in [9.17, 15) is 9.59 Å². The van der Waals surface area contributed by atoms with E-state index in [1.807, 2.05) is 0 Å². The van der Waals surface area contributed by atoms with Crippen molar-refractivity contribution < 1.29 is 19.1 Å². The van der Waals surface area contributed by atoms with Gasteiger partial charge in [0.15, 0.2) is 12.2 Å². The van der Waals surface area contributed by atoms with E-state index in [1.165, 1.54) is 4.90 Å². The Balaban J connectivity index is 2.00. The predicted octanol–water partition coefficient (Wildman–Crippen LogP) is 1.47. The van der Waals surface area contributed by atoms with Gasteiger partial charge in [0, 0.05) is 16.6 Å². The van der Waals surface area contributed by atoms with Crippen molar-refractivity contribution >= 4 is 35.0 Å². The van der Waals surface area contributed by atoms with E-state index in [0.717, 1.165) is 0 Å². The average molecular weight is 347 g/mol. The molecule has 0 radical (unpaired) electrons. The molecular weight excluding hydrogens is 331 g/mol. The van der Waals surface area contributed by atoms with Gasteiger partial charge in [0.1, 0.15) is 5.75 Å². The molecule has 2 rings (SSSR count). The number of amides is 2. The zero-order valence-corrected chi connectivity index (χ0v) is 13.4. The van der Waals surface area contributed by atoms with Gasteiger partial charge in [-0.2, -0.15) is 0 Å². The third-order valence-electron chi connectivity index (χ3n) is 3.19. The first-order valence-electron chi connectivity index (χ1n) is 6.69. The zero-order chi connectivity index (χ0) is 16.3. The van der Waals surface area contributed by atoms with Crippen molar-refractivity contribution in [1.82, 2.24) is 4.90 Å². The van der Waals surface area contributed by atoms with Gasteiger partial charge in [-0.25, -0.2) is 0 Å². The molecular formula is C14H16Cl2N2O4. The number of primary amides is 1. The van der Waals surface area contributed by atoms with Crippen LogP contribution in [-0.2, 0) is 14.3 Å². The molecule has 6 nitrogen and oxygen atoms in total. The highest BCUT2D eigenvalue weighted by atomic mass is 35.5. The largest absolute Gasteiger partial charge is 0.481 e. The molecule has 0 aliphatic carbocycles. The van der Waals surface area contributed by atoms with E-state index in [2.05, 4.69) is 0 Å². The summed E-state index contributed by atoms with van der Waals surface area (Å²) < 4.78 is 10.8. The molecule has 0 aromatic heterocycles. The normalized spacial score (nSPS) is 19.6. The molecule has 0 bridgehead atoms. The Hall–Kier alpha value is -1.50. The minimum Gasteiger partial charge on any atom is -0.481 e. The van der Waals surface area contributed by atoms with Crippen LogP contribution in [0.5, 0.6) is 5.75 Å². The Morgan fingerprint density at radius 3 is 2.59 bits per heavy atom. The van der Waals surface area contributed by atoms with E-state index in [4.69, 9.17) is 38.4 Å². The SMILES string of the molecule is CC(Oc1cc(Cl)cc(Cl)c1)C(=O)N1CCOC(C(N)=O)C1. The number of halogens is 2. The summed E-state index contributed by atoms with van der Waals surface area (Å²) in [5.74, 6) is -0.448. The van der Waals surface area contributed by atoms with Crippen LogP contribution in [0.15, 0.2) is 18.2 Å². The Morgan fingerprint density at radius 1 is 1.36 bits per heavy atom. The molecule has 1 heterocycles. The van der Waals surface area contributed by atoms with Crippen molar-refractivity contribution in [2.24, 2.45) is 5.73 Å². The number of nitrogens with zero attached hydrogens (tertiary/aromatic N) is 1. The van der Waals surface area contributed by atoms with Crippen LogP contribution in [-0.4, -0.2) is 48.6 Å². The summed E-state index contributed by atoms with van der Waals surface area (Å²) in [5, 5.41) is 0.838. The average Bonchev–Trinajstić information content (AvgIpc) is 2.45. The van der Waals surface area contributed by atoms with Gasteiger partial charge in [0.25, 0.3) is 5.91 Å². The third-order valence-corrected chi connectivity index (χ3v) is 3.63. The summed E-state index contributed by atoms with van der Waals surface area (Å²) in [6.45, 7) is 2.38. The Morgan fingerprint density at radius 2 is 2.00 bits per heavy atom. The molecule has 1 aliphatic rings. The number of carbonyl (C=O) groups is 2. The number of ether oxygens (including phenoxy) is 2. The second-order valence-electron chi connectivity index (χ2n) is 4.91. The molecule has 1 aliphatic heterocycles. The van der Waals surface area contributed by atoms with Gasteiger partial charge in [0.05, 0.1) is 13.2 Å². The molecule has 1 fully saturated rings. The fourth-order valence-corrected chi connectivity index (χ4v) is 2.64.